The Kier molecular flexibility index (Phi) is 6.26. The smallest absolute Gasteiger partial charge is 0.277 e. The molecule has 0 saturated carbocycles. The minimum Gasteiger partial charge on any atom is -0.330 e. The molecule has 0 rings (SSSR count). The van der Waals surface area contributed by atoms with E-state index in [2.05, 4.69) is 9.44 Å². The molecule has 14 heavy (non-hydrogen) atoms. The van der Waals surface area contributed by atoms with Gasteiger partial charge in [-0.3, -0.25) is 0 Å². The lowest BCUT2D eigenvalue weighted by Gasteiger charge is -2.14. The van der Waals surface area contributed by atoms with Gasteiger partial charge in [-0.1, -0.05) is 13.8 Å². The van der Waals surface area contributed by atoms with Crippen LogP contribution in [0.4, 0.5) is 0 Å². The number of hydrogen-bond acceptors (Lipinski definition) is 3. The molecule has 1 unspecified atom stereocenters. The van der Waals surface area contributed by atoms with E-state index >= 15 is 0 Å². The first-order valence-electron chi connectivity index (χ1n) is 4.84. The third-order valence-electron chi connectivity index (χ3n) is 1.64. The monoisotopic (exact) mass is 223 g/mol. The van der Waals surface area contributed by atoms with E-state index in [1.165, 1.54) is 0 Å². The Morgan fingerprint density at radius 3 is 2.29 bits per heavy atom. The number of hydrogen-bond donors (Lipinski definition) is 3. The average molecular weight is 223 g/mol. The largest absolute Gasteiger partial charge is 0.330 e. The highest BCUT2D eigenvalue weighted by molar-refractivity contribution is 7.87. The van der Waals surface area contributed by atoms with Crippen LogP contribution in [-0.4, -0.2) is 27.5 Å². The fourth-order valence-electron chi connectivity index (χ4n) is 0.892. The van der Waals surface area contributed by atoms with Crippen LogP contribution in [0.15, 0.2) is 0 Å². The Morgan fingerprint density at radius 1 is 1.29 bits per heavy atom. The fourth-order valence-corrected chi connectivity index (χ4v) is 2.18. The maximum Gasteiger partial charge on any atom is 0.277 e. The molecule has 0 saturated heterocycles. The minimum atomic E-state index is -3.35. The van der Waals surface area contributed by atoms with Crippen molar-refractivity contribution in [1.29, 1.82) is 0 Å². The molecule has 4 N–H and O–H groups in total. The van der Waals surface area contributed by atoms with Crippen LogP contribution in [0.25, 0.3) is 0 Å². The molecule has 0 aliphatic rings. The van der Waals surface area contributed by atoms with Crippen LogP contribution >= 0.6 is 0 Å². The molecular weight excluding hydrogens is 202 g/mol. The molecule has 0 fully saturated rings. The summed E-state index contributed by atoms with van der Waals surface area (Å²) in [7, 11) is -3.35. The van der Waals surface area contributed by atoms with Gasteiger partial charge in [-0.2, -0.15) is 13.1 Å². The van der Waals surface area contributed by atoms with Crippen LogP contribution in [-0.2, 0) is 10.2 Å². The Balaban J connectivity index is 3.95. The Labute approximate surface area is 86.6 Å². The second-order valence-electron chi connectivity index (χ2n) is 3.84. The van der Waals surface area contributed by atoms with E-state index in [0.29, 0.717) is 25.4 Å². The summed E-state index contributed by atoms with van der Waals surface area (Å²) in [6.45, 7) is 6.62. The summed E-state index contributed by atoms with van der Waals surface area (Å²) < 4.78 is 27.7. The standard InChI is InChI=1S/C8H21N3O2S/c1-7(2)6-10-14(12,13)11-8(3)4-5-9/h7-8,10-11H,4-6,9H2,1-3H3. The number of nitrogens with one attached hydrogen (secondary N) is 2. The van der Waals surface area contributed by atoms with E-state index in [9.17, 15) is 8.42 Å². The van der Waals surface area contributed by atoms with Crippen molar-refractivity contribution in [3.05, 3.63) is 0 Å². The van der Waals surface area contributed by atoms with Crippen LogP contribution in [0.5, 0.6) is 0 Å². The fraction of sp³-hybridized carbons (Fsp3) is 1.00. The second-order valence-corrected chi connectivity index (χ2v) is 5.37. The van der Waals surface area contributed by atoms with Gasteiger partial charge in [0.05, 0.1) is 0 Å². The molecular formula is C8H21N3O2S. The van der Waals surface area contributed by atoms with Gasteiger partial charge in [0, 0.05) is 12.6 Å². The molecule has 0 spiro atoms. The third kappa shape index (κ3) is 7.25. The lowest BCUT2D eigenvalue weighted by atomic mass is 10.2. The van der Waals surface area contributed by atoms with Gasteiger partial charge in [0.2, 0.25) is 0 Å². The summed E-state index contributed by atoms with van der Waals surface area (Å²) in [6.07, 6.45) is 0.641. The summed E-state index contributed by atoms with van der Waals surface area (Å²) in [6, 6.07) is -0.121. The van der Waals surface area contributed by atoms with Crippen molar-refractivity contribution in [2.75, 3.05) is 13.1 Å². The first-order valence-corrected chi connectivity index (χ1v) is 6.32. The second kappa shape index (κ2) is 6.34. The molecule has 6 heteroatoms. The van der Waals surface area contributed by atoms with Crippen molar-refractivity contribution in [3.63, 3.8) is 0 Å². The summed E-state index contributed by atoms with van der Waals surface area (Å²) in [5.41, 5.74) is 5.32. The number of rotatable bonds is 7. The molecule has 86 valence electrons. The zero-order valence-corrected chi connectivity index (χ0v) is 9.89. The van der Waals surface area contributed by atoms with E-state index in [-0.39, 0.29) is 6.04 Å². The van der Waals surface area contributed by atoms with Crippen LogP contribution in [0, 0.1) is 5.92 Å². The van der Waals surface area contributed by atoms with Gasteiger partial charge in [0.25, 0.3) is 10.2 Å². The van der Waals surface area contributed by atoms with Crippen molar-refractivity contribution in [2.24, 2.45) is 11.7 Å². The predicted octanol–water partition coefficient (Wildman–Crippen LogP) is -0.196. The summed E-state index contributed by atoms with van der Waals surface area (Å²) >= 11 is 0. The zero-order chi connectivity index (χ0) is 11.2. The Bertz CT molecular complexity index is 239. The van der Waals surface area contributed by atoms with Crippen LogP contribution in [0.2, 0.25) is 0 Å². The summed E-state index contributed by atoms with van der Waals surface area (Å²) in [4.78, 5) is 0. The van der Waals surface area contributed by atoms with Gasteiger partial charge in [-0.05, 0) is 25.8 Å². The van der Waals surface area contributed by atoms with Gasteiger partial charge in [0.1, 0.15) is 0 Å². The minimum absolute atomic E-state index is 0.121. The van der Waals surface area contributed by atoms with Crippen LogP contribution in [0.3, 0.4) is 0 Å². The molecule has 0 bridgehead atoms. The molecule has 0 aliphatic heterocycles. The lowest BCUT2D eigenvalue weighted by Crippen LogP contribution is -2.43. The van der Waals surface area contributed by atoms with E-state index in [1.807, 2.05) is 13.8 Å². The van der Waals surface area contributed by atoms with Gasteiger partial charge < -0.3 is 5.73 Å². The highest BCUT2D eigenvalue weighted by Gasteiger charge is 2.13. The topological polar surface area (TPSA) is 84.2 Å². The maximum absolute atomic E-state index is 11.4. The molecule has 0 radical (unpaired) electrons. The molecule has 1 atom stereocenters. The number of nitrogens with two attached hydrogens (primary N) is 1. The predicted molar refractivity (Wildman–Crippen MR) is 58.0 cm³/mol. The van der Waals surface area contributed by atoms with Crippen molar-refractivity contribution in [3.8, 4) is 0 Å². The zero-order valence-electron chi connectivity index (χ0n) is 9.08. The normalized spacial score (nSPS) is 14.6. The first kappa shape index (κ1) is 13.8. The van der Waals surface area contributed by atoms with Crippen molar-refractivity contribution < 1.29 is 8.42 Å². The Morgan fingerprint density at radius 2 is 1.86 bits per heavy atom. The summed E-state index contributed by atoms with van der Waals surface area (Å²) in [5, 5.41) is 0. The van der Waals surface area contributed by atoms with E-state index in [1.54, 1.807) is 6.92 Å². The average Bonchev–Trinajstić information content (AvgIpc) is 2.00. The van der Waals surface area contributed by atoms with E-state index in [4.69, 9.17) is 5.73 Å². The van der Waals surface area contributed by atoms with Gasteiger partial charge >= 0.3 is 0 Å². The molecule has 0 aromatic carbocycles. The maximum atomic E-state index is 11.4. The van der Waals surface area contributed by atoms with Crippen molar-refractivity contribution in [1.82, 2.24) is 9.44 Å². The van der Waals surface area contributed by atoms with Gasteiger partial charge in [-0.15, -0.1) is 0 Å². The molecule has 5 nitrogen and oxygen atoms in total. The van der Waals surface area contributed by atoms with Crippen LogP contribution in [0.1, 0.15) is 27.2 Å². The molecule has 0 aliphatic carbocycles. The van der Waals surface area contributed by atoms with Crippen molar-refractivity contribution >= 4 is 10.2 Å². The van der Waals surface area contributed by atoms with Crippen molar-refractivity contribution in [2.45, 2.75) is 33.2 Å². The van der Waals surface area contributed by atoms with Gasteiger partial charge in [-0.25, -0.2) is 4.72 Å². The molecule has 0 amide bonds. The SMILES string of the molecule is CC(C)CNS(=O)(=O)NC(C)CCN. The highest BCUT2D eigenvalue weighted by Crippen LogP contribution is 1.93. The molecule has 0 aromatic heterocycles. The van der Waals surface area contributed by atoms with Crippen LogP contribution < -0.4 is 15.2 Å². The molecule has 0 heterocycles. The lowest BCUT2D eigenvalue weighted by molar-refractivity contribution is 0.524. The first-order chi connectivity index (χ1) is 6.37. The highest BCUT2D eigenvalue weighted by atomic mass is 32.2. The summed E-state index contributed by atoms with van der Waals surface area (Å²) in [5.74, 6) is 0.302. The van der Waals surface area contributed by atoms with E-state index < -0.39 is 10.2 Å². The molecule has 0 aromatic rings. The quantitative estimate of drug-likeness (QED) is 0.559. The third-order valence-corrected chi connectivity index (χ3v) is 2.90. The van der Waals surface area contributed by atoms with Gasteiger partial charge in [0.15, 0.2) is 0 Å². The Hall–Kier alpha value is -0.170. The van der Waals surface area contributed by atoms with E-state index in [0.717, 1.165) is 0 Å².